The summed E-state index contributed by atoms with van der Waals surface area (Å²) in [7, 11) is 2.45. The molecule has 0 bridgehead atoms. The van der Waals surface area contributed by atoms with Crippen molar-refractivity contribution in [3.8, 4) is 0 Å². The number of halogens is 1. The van der Waals surface area contributed by atoms with Gasteiger partial charge in [-0.3, -0.25) is 0 Å². The van der Waals surface area contributed by atoms with Crippen LogP contribution in [0.25, 0.3) is 10.9 Å². The van der Waals surface area contributed by atoms with Crippen molar-refractivity contribution in [2.45, 2.75) is 18.9 Å². The highest BCUT2D eigenvalue weighted by molar-refractivity contribution is 5.85. The van der Waals surface area contributed by atoms with Crippen LogP contribution in [0.5, 0.6) is 0 Å². The molecule has 0 spiro atoms. The third kappa shape index (κ3) is 2.09. The first-order valence-electron chi connectivity index (χ1n) is 8.28. The molecule has 23 heavy (non-hydrogen) atoms. The fourth-order valence-electron chi connectivity index (χ4n) is 4.67. The summed E-state index contributed by atoms with van der Waals surface area (Å²) in [6, 6.07) is 18.4. The molecule has 0 fully saturated rings. The summed E-state index contributed by atoms with van der Waals surface area (Å²) >= 11 is 0. The van der Waals surface area contributed by atoms with Gasteiger partial charge in [0.15, 0.2) is 0 Å². The highest BCUT2D eigenvalue weighted by atomic mass is 127. The molecule has 2 atom stereocenters. The monoisotopic (exact) mass is 416 g/mol. The quantitative estimate of drug-likeness (QED) is 0.413. The molecule has 2 unspecified atom stereocenters. The Morgan fingerprint density at radius 3 is 2.61 bits per heavy atom. The van der Waals surface area contributed by atoms with Gasteiger partial charge in [-0.05, 0) is 11.6 Å². The van der Waals surface area contributed by atoms with Crippen molar-refractivity contribution < 1.29 is 28.5 Å². The number of hydrogen-bond donors (Lipinski definition) is 1. The molecule has 0 aliphatic carbocycles. The van der Waals surface area contributed by atoms with Gasteiger partial charge in [-0.1, -0.05) is 42.5 Å². The predicted octanol–water partition coefficient (Wildman–Crippen LogP) is 0.820. The molecule has 118 valence electrons. The average molecular weight is 416 g/mol. The van der Waals surface area contributed by atoms with Crippen molar-refractivity contribution in [3.05, 3.63) is 70.9 Å². The number of H-pyrrole nitrogens is 1. The van der Waals surface area contributed by atoms with Gasteiger partial charge >= 0.3 is 0 Å². The van der Waals surface area contributed by atoms with Gasteiger partial charge in [-0.25, -0.2) is 0 Å². The first kappa shape index (κ1) is 15.2. The molecule has 3 aromatic rings. The SMILES string of the molecule is C[N+]12CCc3ccccc3C1c1c([nH]c3ccccc13)CC2.[I-]. The second kappa shape index (κ2) is 5.35. The lowest BCUT2D eigenvalue weighted by atomic mass is 9.82. The number of aromatic amines is 1. The summed E-state index contributed by atoms with van der Waals surface area (Å²) in [5.74, 6) is 0. The van der Waals surface area contributed by atoms with Crippen LogP contribution >= 0.6 is 0 Å². The van der Waals surface area contributed by atoms with Crippen molar-refractivity contribution in [3.63, 3.8) is 0 Å². The molecule has 1 N–H and O–H groups in total. The molecule has 5 rings (SSSR count). The Hall–Kier alpha value is -1.33. The zero-order chi connectivity index (χ0) is 14.7. The van der Waals surface area contributed by atoms with E-state index in [1.165, 1.54) is 42.5 Å². The first-order chi connectivity index (χ1) is 10.8. The molecular formula is C20H21IN2. The topological polar surface area (TPSA) is 15.8 Å². The van der Waals surface area contributed by atoms with Crippen LogP contribution in [-0.4, -0.2) is 29.6 Å². The van der Waals surface area contributed by atoms with E-state index in [2.05, 4.69) is 60.6 Å². The van der Waals surface area contributed by atoms with Crippen LogP contribution in [0.3, 0.4) is 0 Å². The van der Waals surface area contributed by atoms with E-state index < -0.39 is 0 Å². The maximum absolute atomic E-state index is 3.69. The van der Waals surface area contributed by atoms with Crippen LogP contribution < -0.4 is 24.0 Å². The van der Waals surface area contributed by atoms with Gasteiger partial charge in [0.1, 0.15) is 6.04 Å². The smallest absolute Gasteiger partial charge is 0.143 e. The maximum atomic E-state index is 3.69. The van der Waals surface area contributed by atoms with Gasteiger partial charge in [0.05, 0.1) is 20.1 Å². The standard InChI is InChI=1S/C20H21N2.HI/c1-22-12-10-14-6-2-3-7-15(14)20(22)19-16-8-4-5-9-17(16)21-18(19)11-13-22;/h2-9,20-21H,10-13H2,1H3;1H/q+1;/p-1. The van der Waals surface area contributed by atoms with Crippen LogP contribution in [0.2, 0.25) is 0 Å². The highest BCUT2D eigenvalue weighted by Crippen LogP contribution is 2.46. The fourth-order valence-corrected chi connectivity index (χ4v) is 4.67. The Morgan fingerprint density at radius 1 is 0.957 bits per heavy atom. The van der Waals surface area contributed by atoms with Gasteiger partial charge < -0.3 is 33.4 Å². The van der Waals surface area contributed by atoms with Crippen molar-refractivity contribution in [1.82, 2.24) is 4.98 Å². The summed E-state index contributed by atoms with van der Waals surface area (Å²) in [6.07, 6.45) is 2.38. The number of benzene rings is 2. The number of aromatic nitrogens is 1. The number of quaternary nitrogens is 1. The summed E-state index contributed by atoms with van der Waals surface area (Å²) in [5.41, 5.74) is 7.39. The van der Waals surface area contributed by atoms with E-state index in [0.717, 1.165) is 4.48 Å². The van der Waals surface area contributed by atoms with Crippen molar-refractivity contribution >= 4 is 10.9 Å². The zero-order valence-electron chi connectivity index (χ0n) is 13.3. The Morgan fingerprint density at radius 2 is 1.70 bits per heavy atom. The van der Waals surface area contributed by atoms with E-state index in [1.54, 1.807) is 16.7 Å². The van der Waals surface area contributed by atoms with E-state index in [-0.39, 0.29) is 24.0 Å². The van der Waals surface area contributed by atoms with Crippen molar-refractivity contribution in [2.24, 2.45) is 0 Å². The summed E-state index contributed by atoms with van der Waals surface area (Å²) in [6.45, 7) is 2.49. The molecule has 0 amide bonds. The Bertz CT molecular complexity index is 882. The van der Waals surface area contributed by atoms with E-state index in [1.807, 2.05) is 0 Å². The second-order valence-corrected chi connectivity index (χ2v) is 7.09. The van der Waals surface area contributed by atoms with Crippen LogP contribution in [0.15, 0.2) is 48.5 Å². The van der Waals surface area contributed by atoms with Gasteiger partial charge in [-0.15, -0.1) is 0 Å². The predicted molar refractivity (Wildman–Crippen MR) is 89.9 cm³/mol. The average Bonchev–Trinajstić information content (AvgIpc) is 2.93. The third-order valence-electron chi connectivity index (χ3n) is 5.84. The van der Waals surface area contributed by atoms with E-state index in [4.69, 9.17) is 0 Å². The minimum atomic E-state index is 0. The maximum Gasteiger partial charge on any atom is 0.143 e. The molecule has 2 nitrogen and oxygen atoms in total. The third-order valence-corrected chi connectivity index (χ3v) is 5.84. The van der Waals surface area contributed by atoms with E-state index in [0.29, 0.717) is 6.04 Å². The van der Waals surface area contributed by atoms with Crippen LogP contribution in [0, 0.1) is 0 Å². The lowest BCUT2D eigenvalue weighted by Gasteiger charge is -2.48. The lowest BCUT2D eigenvalue weighted by Crippen LogP contribution is -3.00. The second-order valence-electron chi connectivity index (χ2n) is 7.09. The molecule has 0 radical (unpaired) electrons. The van der Waals surface area contributed by atoms with E-state index in [9.17, 15) is 0 Å². The number of para-hydroxylation sites is 1. The van der Waals surface area contributed by atoms with Crippen molar-refractivity contribution in [1.29, 1.82) is 0 Å². The number of nitrogens with one attached hydrogen (secondary N) is 1. The molecule has 2 aliphatic rings. The lowest BCUT2D eigenvalue weighted by molar-refractivity contribution is -0.937. The van der Waals surface area contributed by atoms with Crippen LogP contribution in [-0.2, 0) is 12.8 Å². The zero-order valence-corrected chi connectivity index (χ0v) is 15.5. The Labute approximate surface area is 154 Å². The molecular weight excluding hydrogens is 395 g/mol. The Kier molecular flexibility index (Phi) is 3.54. The minimum Gasteiger partial charge on any atom is -1.00 e. The number of rotatable bonds is 0. The molecule has 0 saturated carbocycles. The van der Waals surface area contributed by atoms with E-state index >= 15 is 0 Å². The summed E-state index contributed by atoms with van der Waals surface area (Å²) in [5, 5.41) is 1.42. The number of likely N-dealkylation sites (N-methyl/N-ethyl adjacent to an activating group) is 1. The molecule has 2 aromatic carbocycles. The van der Waals surface area contributed by atoms with Gasteiger partial charge in [0.2, 0.25) is 0 Å². The first-order valence-corrected chi connectivity index (χ1v) is 8.28. The molecule has 3 heterocycles. The van der Waals surface area contributed by atoms with Gasteiger partial charge in [0.25, 0.3) is 0 Å². The fraction of sp³-hybridized carbons (Fsp3) is 0.300. The van der Waals surface area contributed by atoms with Crippen molar-refractivity contribution in [2.75, 3.05) is 20.1 Å². The molecule has 2 aliphatic heterocycles. The van der Waals surface area contributed by atoms with Gasteiger partial charge in [-0.2, -0.15) is 0 Å². The summed E-state index contributed by atoms with van der Waals surface area (Å²) < 4.78 is 1.16. The normalized spacial score (nSPS) is 25.2. The van der Waals surface area contributed by atoms with Gasteiger partial charge in [0, 0.05) is 40.6 Å². The number of fused-ring (bicyclic) bond motifs is 7. The largest absolute Gasteiger partial charge is 1.00 e. The summed E-state index contributed by atoms with van der Waals surface area (Å²) in [4.78, 5) is 3.69. The minimum absolute atomic E-state index is 0. The molecule has 1 aromatic heterocycles. The number of nitrogens with zero attached hydrogens (tertiary/aromatic N) is 1. The highest BCUT2D eigenvalue weighted by Gasteiger charge is 2.45. The molecule has 3 heteroatoms. The van der Waals surface area contributed by atoms with Crippen LogP contribution in [0.4, 0.5) is 0 Å². The Balaban J connectivity index is 0.00000135. The number of hydrogen-bond acceptors (Lipinski definition) is 0. The van der Waals surface area contributed by atoms with Crippen LogP contribution in [0.1, 0.15) is 28.4 Å². The molecule has 0 saturated heterocycles.